The average Bonchev–Trinajstić information content (AvgIpc) is 2.55. The third kappa shape index (κ3) is 7.30. The molecule has 0 bridgehead atoms. The van der Waals surface area contributed by atoms with Crippen LogP contribution in [0, 0.1) is 11.8 Å². The molecule has 2 rings (SSSR count). The quantitative estimate of drug-likeness (QED) is 0.483. The minimum atomic E-state index is -4.05. The van der Waals surface area contributed by atoms with E-state index in [2.05, 4.69) is 6.92 Å². The predicted molar refractivity (Wildman–Crippen MR) is 88.7 cm³/mol. The fraction of sp³-hybridized carbons (Fsp3) is 1.00. The van der Waals surface area contributed by atoms with Crippen molar-refractivity contribution in [3.8, 4) is 0 Å². The van der Waals surface area contributed by atoms with Gasteiger partial charge in [-0.2, -0.15) is 13.2 Å². The van der Waals surface area contributed by atoms with Crippen LogP contribution < -0.4 is 0 Å². The molecular weight excluding hydrogens is 317 g/mol. The first kappa shape index (κ1) is 20.0. The number of hydrogen-bond acceptors (Lipinski definition) is 2. The Labute approximate surface area is 144 Å². The Hall–Kier alpha value is -0.290. The van der Waals surface area contributed by atoms with E-state index in [4.69, 9.17) is 9.47 Å². The lowest BCUT2D eigenvalue weighted by atomic mass is 9.79. The molecule has 1 saturated heterocycles. The summed E-state index contributed by atoms with van der Waals surface area (Å²) in [6, 6.07) is 0. The summed E-state index contributed by atoms with van der Waals surface area (Å²) in [7, 11) is 0. The smallest absolute Gasteiger partial charge is 0.352 e. The van der Waals surface area contributed by atoms with Gasteiger partial charge >= 0.3 is 6.18 Å². The van der Waals surface area contributed by atoms with Crippen LogP contribution >= 0.6 is 0 Å². The summed E-state index contributed by atoms with van der Waals surface area (Å²) in [6.45, 7) is 2.86. The summed E-state index contributed by atoms with van der Waals surface area (Å²) >= 11 is 0. The molecule has 0 aromatic rings. The highest BCUT2D eigenvalue weighted by atomic mass is 19.4. The Morgan fingerprint density at radius 2 is 1.67 bits per heavy atom. The zero-order chi connectivity index (χ0) is 17.4. The molecule has 0 radical (unpaired) electrons. The van der Waals surface area contributed by atoms with Crippen LogP contribution in [0.15, 0.2) is 0 Å². The summed E-state index contributed by atoms with van der Waals surface area (Å²) in [5.41, 5.74) is 0. The largest absolute Gasteiger partial charge is 0.389 e. The molecule has 0 spiro atoms. The topological polar surface area (TPSA) is 18.5 Å². The fourth-order valence-electron chi connectivity index (χ4n) is 4.03. The molecule has 1 aliphatic carbocycles. The number of ether oxygens (including phenoxy) is 2. The van der Waals surface area contributed by atoms with Crippen molar-refractivity contribution >= 4 is 0 Å². The van der Waals surface area contributed by atoms with Crippen molar-refractivity contribution in [3.63, 3.8) is 0 Å². The van der Waals surface area contributed by atoms with E-state index < -0.39 is 12.6 Å². The monoisotopic (exact) mass is 350 g/mol. The Morgan fingerprint density at radius 3 is 2.33 bits per heavy atom. The number of hydrogen-bond donors (Lipinski definition) is 0. The highest BCUT2D eigenvalue weighted by Crippen LogP contribution is 2.37. The Bertz CT molecular complexity index is 338. The average molecular weight is 350 g/mol. The van der Waals surface area contributed by atoms with E-state index in [1.807, 2.05) is 0 Å². The van der Waals surface area contributed by atoms with Crippen molar-refractivity contribution in [2.75, 3.05) is 6.61 Å². The minimum Gasteiger partial charge on any atom is -0.352 e. The highest BCUT2D eigenvalue weighted by Gasteiger charge is 2.33. The van der Waals surface area contributed by atoms with E-state index in [0.717, 1.165) is 25.2 Å². The Morgan fingerprint density at radius 1 is 0.917 bits per heavy atom. The zero-order valence-electron chi connectivity index (χ0n) is 15.0. The van der Waals surface area contributed by atoms with Crippen molar-refractivity contribution < 1.29 is 22.6 Å². The molecule has 2 atom stereocenters. The second-order valence-electron chi connectivity index (χ2n) is 7.57. The van der Waals surface area contributed by atoms with E-state index in [1.165, 1.54) is 38.5 Å². The first-order valence-electron chi connectivity index (χ1n) is 9.81. The highest BCUT2D eigenvalue weighted by molar-refractivity contribution is 4.77. The number of rotatable bonds is 8. The molecular formula is C19H33F3O2. The zero-order valence-corrected chi connectivity index (χ0v) is 15.0. The molecule has 5 heteroatoms. The van der Waals surface area contributed by atoms with Gasteiger partial charge in [-0.05, 0) is 50.9 Å². The predicted octanol–water partition coefficient (Wildman–Crippen LogP) is 6.24. The van der Waals surface area contributed by atoms with Gasteiger partial charge < -0.3 is 9.47 Å². The van der Waals surface area contributed by atoms with Gasteiger partial charge in [0.2, 0.25) is 0 Å². The van der Waals surface area contributed by atoms with Crippen molar-refractivity contribution in [3.05, 3.63) is 0 Å². The molecule has 2 nitrogen and oxygen atoms in total. The molecule has 0 amide bonds. The van der Waals surface area contributed by atoms with Crippen molar-refractivity contribution in [1.29, 1.82) is 0 Å². The third-order valence-corrected chi connectivity index (χ3v) is 5.53. The summed E-state index contributed by atoms with van der Waals surface area (Å²) in [6.07, 6.45) is 6.40. The van der Waals surface area contributed by atoms with Crippen molar-refractivity contribution in [2.45, 2.75) is 103 Å². The van der Waals surface area contributed by atoms with Gasteiger partial charge in [0, 0.05) is 12.3 Å². The lowest BCUT2D eigenvalue weighted by Gasteiger charge is -2.38. The van der Waals surface area contributed by atoms with Gasteiger partial charge in [-0.25, -0.2) is 0 Å². The molecule has 1 aliphatic heterocycles. The van der Waals surface area contributed by atoms with Crippen molar-refractivity contribution in [1.82, 2.24) is 0 Å². The maximum Gasteiger partial charge on any atom is 0.389 e. The molecule has 1 heterocycles. The van der Waals surface area contributed by atoms with Gasteiger partial charge in [0.15, 0.2) is 6.29 Å². The summed E-state index contributed by atoms with van der Waals surface area (Å²) in [5, 5.41) is 0. The van der Waals surface area contributed by atoms with Crippen LogP contribution in [0.1, 0.15) is 84.0 Å². The van der Waals surface area contributed by atoms with Gasteiger partial charge in [0.25, 0.3) is 0 Å². The van der Waals surface area contributed by atoms with Crippen LogP contribution in [0.4, 0.5) is 13.2 Å². The molecule has 2 fully saturated rings. The van der Waals surface area contributed by atoms with Crippen LogP contribution in [0.2, 0.25) is 0 Å². The molecule has 0 N–H and O–H groups in total. The lowest BCUT2D eigenvalue weighted by molar-refractivity contribution is -0.242. The van der Waals surface area contributed by atoms with Gasteiger partial charge in [0.05, 0.1) is 12.7 Å². The molecule has 0 unspecified atom stereocenters. The summed E-state index contributed by atoms with van der Waals surface area (Å²) in [4.78, 5) is 0. The molecule has 0 aromatic heterocycles. The van der Waals surface area contributed by atoms with Gasteiger partial charge in [-0.1, -0.05) is 32.6 Å². The van der Waals surface area contributed by atoms with E-state index >= 15 is 0 Å². The fourth-order valence-corrected chi connectivity index (χ4v) is 4.03. The minimum absolute atomic E-state index is 0.0617. The van der Waals surface area contributed by atoms with Crippen LogP contribution in [0.5, 0.6) is 0 Å². The molecule has 24 heavy (non-hydrogen) atoms. The third-order valence-electron chi connectivity index (χ3n) is 5.53. The summed E-state index contributed by atoms with van der Waals surface area (Å²) in [5.74, 6) is 1.27. The van der Waals surface area contributed by atoms with Crippen molar-refractivity contribution in [2.24, 2.45) is 11.8 Å². The molecule has 0 aromatic carbocycles. The Balaban J connectivity index is 1.65. The molecule has 2 aliphatic rings. The van der Waals surface area contributed by atoms with Gasteiger partial charge in [-0.3, -0.25) is 0 Å². The summed E-state index contributed by atoms with van der Waals surface area (Å²) < 4.78 is 48.5. The number of alkyl halides is 3. The van der Waals surface area contributed by atoms with E-state index in [1.54, 1.807) is 0 Å². The van der Waals surface area contributed by atoms with Crippen LogP contribution in [0.3, 0.4) is 0 Å². The van der Waals surface area contributed by atoms with Crippen LogP contribution in [0.25, 0.3) is 0 Å². The number of unbranched alkanes of at least 4 members (excludes halogenated alkanes) is 2. The maximum atomic E-state index is 12.3. The lowest BCUT2D eigenvalue weighted by Crippen LogP contribution is -2.39. The van der Waals surface area contributed by atoms with E-state index in [9.17, 15) is 13.2 Å². The van der Waals surface area contributed by atoms with Crippen LogP contribution in [-0.4, -0.2) is 25.2 Å². The standard InChI is InChI=1S/C19H33F3O2/c1-2-3-4-6-15-8-10-16(11-9-15)18-23-14-12-17(24-18)7-5-13-19(20,21)22/h15-18H,2-14H2,1H3/t15?,16?,17-,18-/m1/s1. The second kappa shape index (κ2) is 10.0. The first-order valence-corrected chi connectivity index (χ1v) is 9.81. The van der Waals surface area contributed by atoms with Gasteiger partial charge in [0.1, 0.15) is 0 Å². The van der Waals surface area contributed by atoms with E-state index in [0.29, 0.717) is 18.9 Å². The van der Waals surface area contributed by atoms with Crippen LogP contribution in [-0.2, 0) is 9.47 Å². The van der Waals surface area contributed by atoms with E-state index in [-0.39, 0.29) is 18.8 Å². The number of halogens is 3. The second-order valence-corrected chi connectivity index (χ2v) is 7.57. The first-order chi connectivity index (χ1) is 11.5. The maximum absolute atomic E-state index is 12.3. The molecule has 1 saturated carbocycles. The Kier molecular flexibility index (Phi) is 8.35. The SMILES string of the molecule is CCCCCC1CCC([C@@H]2OCC[C@@H](CCCC(F)(F)F)O2)CC1. The van der Waals surface area contributed by atoms with Gasteiger partial charge in [-0.15, -0.1) is 0 Å². The normalized spacial score (nSPS) is 32.0. The molecule has 142 valence electrons.